The Labute approximate surface area is 100 Å². The molecule has 94 valence electrons. The molecule has 5 heteroatoms. The summed E-state index contributed by atoms with van der Waals surface area (Å²) in [5.41, 5.74) is -0.165. The molecule has 0 radical (unpaired) electrons. The summed E-state index contributed by atoms with van der Waals surface area (Å²) in [7, 11) is 0. The fourth-order valence-electron chi connectivity index (χ4n) is 1.72. The van der Waals surface area contributed by atoms with E-state index in [0.29, 0.717) is 24.2 Å². The normalized spacial score (nSPS) is 19.8. The van der Waals surface area contributed by atoms with Crippen LogP contribution < -0.4 is 10.3 Å². The minimum Gasteiger partial charge on any atom is -0.477 e. The lowest BCUT2D eigenvalue weighted by Gasteiger charge is -2.11. The van der Waals surface area contributed by atoms with E-state index in [9.17, 15) is 4.79 Å². The molecule has 5 nitrogen and oxygen atoms in total. The lowest BCUT2D eigenvalue weighted by molar-refractivity contribution is 0.165. The van der Waals surface area contributed by atoms with Crippen LogP contribution >= 0.6 is 0 Å². The molecule has 0 spiro atoms. The van der Waals surface area contributed by atoms with Crippen molar-refractivity contribution in [3.63, 3.8) is 0 Å². The summed E-state index contributed by atoms with van der Waals surface area (Å²) >= 11 is 0. The SMILES string of the molecule is CC(C)c1nc(OCC2CCOC2)cc(=O)[nH]1. The molecule has 17 heavy (non-hydrogen) atoms. The summed E-state index contributed by atoms with van der Waals surface area (Å²) in [5, 5.41) is 0. The maximum atomic E-state index is 11.4. The highest BCUT2D eigenvalue weighted by Gasteiger charge is 2.16. The molecule has 0 bridgehead atoms. The van der Waals surface area contributed by atoms with Crippen molar-refractivity contribution in [2.45, 2.75) is 26.2 Å². The van der Waals surface area contributed by atoms with E-state index >= 15 is 0 Å². The summed E-state index contributed by atoms with van der Waals surface area (Å²) < 4.78 is 10.8. The van der Waals surface area contributed by atoms with E-state index < -0.39 is 0 Å². The van der Waals surface area contributed by atoms with Crippen LogP contribution in [0.3, 0.4) is 0 Å². The summed E-state index contributed by atoms with van der Waals surface area (Å²) in [6.45, 7) is 6.06. The zero-order chi connectivity index (χ0) is 12.3. The molecule has 1 aliphatic rings. The van der Waals surface area contributed by atoms with Gasteiger partial charge in [-0.25, -0.2) is 0 Å². The van der Waals surface area contributed by atoms with E-state index in [-0.39, 0.29) is 11.5 Å². The molecule has 1 atom stereocenters. The molecular weight excluding hydrogens is 220 g/mol. The zero-order valence-corrected chi connectivity index (χ0v) is 10.2. The first-order chi connectivity index (χ1) is 8.15. The van der Waals surface area contributed by atoms with Gasteiger partial charge in [0.15, 0.2) is 0 Å². The molecule has 1 aliphatic heterocycles. The molecule has 0 amide bonds. The average Bonchev–Trinajstić information content (AvgIpc) is 2.78. The molecule has 0 aliphatic carbocycles. The van der Waals surface area contributed by atoms with E-state index in [1.165, 1.54) is 6.07 Å². The van der Waals surface area contributed by atoms with Gasteiger partial charge in [0.1, 0.15) is 5.82 Å². The zero-order valence-electron chi connectivity index (χ0n) is 10.2. The second-order valence-corrected chi connectivity index (χ2v) is 4.66. The number of hydrogen-bond acceptors (Lipinski definition) is 4. The second-order valence-electron chi connectivity index (χ2n) is 4.66. The van der Waals surface area contributed by atoms with Crippen LogP contribution in [-0.4, -0.2) is 29.8 Å². The number of hydrogen-bond donors (Lipinski definition) is 1. The Morgan fingerprint density at radius 3 is 3.12 bits per heavy atom. The number of aromatic amines is 1. The lowest BCUT2D eigenvalue weighted by Crippen LogP contribution is -2.16. The number of aromatic nitrogens is 2. The quantitative estimate of drug-likeness (QED) is 0.859. The van der Waals surface area contributed by atoms with Gasteiger partial charge in [-0.2, -0.15) is 4.98 Å². The lowest BCUT2D eigenvalue weighted by atomic mass is 10.1. The molecule has 1 aromatic heterocycles. The topological polar surface area (TPSA) is 64.2 Å². The molecule has 2 rings (SSSR count). The van der Waals surface area contributed by atoms with Crippen LogP contribution in [0.2, 0.25) is 0 Å². The van der Waals surface area contributed by atoms with E-state index in [1.54, 1.807) is 0 Å². The molecule has 1 saturated heterocycles. The third-order valence-corrected chi connectivity index (χ3v) is 2.77. The van der Waals surface area contributed by atoms with Gasteiger partial charge < -0.3 is 14.5 Å². The van der Waals surface area contributed by atoms with Gasteiger partial charge in [-0.15, -0.1) is 0 Å². The number of ether oxygens (including phenoxy) is 2. The predicted octanol–water partition coefficient (Wildman–Crippen LogP) is 1.31. The molecule has 1 unspecified atom stereocenters. The molecule has 1 fully saturated rings. The fraction of sp³-hybridized carbons (Fsp3) is 0.667. The van der Waals surface area contributed by atoms with Crippen molar-refractivity contribution in [1.29, 1.82) is 0 Å². The van der Waals surface area contributed by atoms with Gasteiger partial charge in [-0.1, -0.05) is 13.8 Å². The maximum Gasteiger partial charge on any atom is 0.254 e. The van der Waals surface area contributed by atoms with Crippen LogP contribution in [0.15, 0.2) is 10.9 Å². The summed E-state index contributed by atoms with van der Waals surface area (Å²) in [4.78, 5) is 18.4. The standard InChI is InChI=1S/C12H18N2O3/c1-8(2)12-13-10(15)5-11(14-12)17-7-9-3-4-16-6-9/h5,8-9H,3-4,6-7H2,1-2H3,(H,13,14,15). The van der Waals surface area contributed by atoms with Crippen LogP contribution in [0, 0.1) is 5.92 Å². The van der Waals surface area contributed by atoms with Crippen molar-refractivity contribution < 1.29 is 9.47 Å². The van der Waals surface area contributed by atoms with Crippen molar-refractivity contribution in [3.8, 4) is 5.88 Å². The Kier molecular flexibility index (Phi) is 3.78. The van der Waals surface area contributed by atoms with E-state index in [0.717, 1.165) is 19.6 Å². The summed E-state index contributed by atoms with van der Waals surface area (Å²) in [6.07, 6.45) is 1.01. The molecule has 0 aromatic carbocycles. The third-order valence-electron chi connectivity index (χ3n) is 2.77. The van der Waals surface area contributed by atoms with Crippen molar-refractivity contribution >= 4 is 0 Å². The van der Waals surface area contributed by atoms with Crippen LogP contribution in [0.4, 0.5) is 0 Å². The van der Waals surface area contributed by atoms with Gasteiger partial charge in [0, 0.05) is 18.4 Å². The monoisotopic (exact) mass is 238 g/mol. The molecule has 1 N–H and O–H groups in total. The van der Waals surface area contributed by atoms with Gasteiger partial charge in [-0.05, 0) is 6.42 Å². The van der Waals surface area contributed by atoms with Gasteiger partial charge in [0.25, 0.3) is 5.56 Å². The minimum absolute atomic E-state index is 0.165. The average molecular weight is 238 g/mol. The van der Waals surface area contributed by atoms with Gasteiger partial charge >= 0.3 is 0 Å². The number of rotatable bonds is 4. The highest BCUT2D eigenvalue weighted by Crippen LogP contribution is 2.15. The van der Waals surface area contributed by atoms with Gasteiger partial charge in [0.05, 0.1) is 19.3 Å². The van der Waals surface area contributed by atoms with Gasteiger partial charge in [0.2, 0.25) is 5.88 Å². The molecule has 1 aromatic rings. The van der Waals surface area contributed by atoms with Crippen molar-refractivity contribution in [1.82, 2.24) is 9.97 Å². The Morgan fingerprint density at radius 2 is 2.47 bits per heavy atom. The third kappa shape index (κ3) is 3.30. The first kappa shape index (κ1) is 12.1. The molecule has 2 heterocycles. The fourth-order valence-corrected chi connectivity index (χ4v) is 1.72. The summed E-state index contributed by atoms with van der Waals surface area (Å²) in [6, 6.07) is 1.39. The van der Waals surface area contributed by atoms with E-state index in [1.807, 2.05) is 13.8 Å². The smallest absolute Gasteiger partial charge is 0.254 e. The first-order valence-electron chi connectivity index (χ1n) is 5.97. The highest BCUT2D eigenvalue weighted by atomic mass is 16.5. The van der Waals surface area contributed by atoms with Crippen molar-refractivity contribution in [3.05, 3.63) is 22.2 Å². The second kappa shape index (κ2) is 5.31. The van der Waals surface area contributed by atoms with Crippen molar-refractivity contribution in [2.24, 2.45) is 5.92 Å². The molecular formula is C12H18N2O3. The Morgan fingerprint density at radius 1 is 1.65 bits per heavy atom. The van der Waals surface area contributed by atoms with Crippen molar-refractivity contribution in [2.75, 3.05) is 19.8 Å². The first-order valence-corrected chi connectivity index (χ1v) is 5.97. The Hall–Kier alpha value is -1.36. The number of nitrogens with one attached hydrogen (secondary N) is 1. The van der Waals surface area contributed by atoms with Crippen LogP contribution in [0.1, 0.15) is 32.0 Å². The number of nitrogens with zero attached hydrogens (tertiary/aromatic N) is 1. The highest BCUT2D eigenvalue weighted by molar-refractivity contribution is 5.10. The summed E-state index contributed by atoms with van der Waals surface area (Å²) in [5.74, 6) is 1.67. The van der Waals surface area contributed by atoms with Gasteiger partial charge in [-0.3, -0.25) is 4.79 Å². The minimum atomic E-state index is -0.165. The van der Waals surface area contributed by atoms with E-state index in [4.69, 9.17) is 9.47 Å². The Balaban J connectivity index is 2.02. The predicted molar refractivity (Wildman–Crippen MR) is 63.4 cm³/mol. The van der Waals surface area contributed by atoms with Crippen LogP contribution in [0.25, 0.3) is 0 Å². The largest absolute Gasteiger partial charge is 0.477 e. The van der Waals surface area contributed by atoms with Crippen LogP contribution in [0.5, 0.6) is 5.88 Å². The molecule has 0 saturated carbocycles. The van der Waals surface area contributed by atoms with E-state index in [2.05, 4.69) is 9.97 Å². The van der Waals surface area contributed by atoms with Crippen LogP contribution in [-0.2, 0) is 4.74 Å². The Bertz CT molecular complexity index is 422. The number of H-pyrrole nitrogens is 1. The maximum absolute atomic E-state index is 11.4.